The van der Waals surface area contributed by atoms with Crippen molar-refractivity contribution in [3.05, 3.63) is 71.8 Å². The average molecular weight is 311 g/mol. The standard InChI is InChI=1S/C20H26OSi/c1-17-10-8-12-19(16-17)13-9-11-18(2)21-22(3,4)20-14-6-5-7-15-20/h5-10,12-16,18H,11H2,1-4H3/b13-9-. The minimum absolute atomic E-state index is 0.239. The lowest BCUT2D eigenvalue weighted by atomic mass is 10.1. The maximum atomic E-state index is 6.37. The van der Waals surface area contributed by atoms with Crippen molar-refractivity contribution in [1.82, 2.24) is 0 Å². The average Bonchev–Trinajstić information content (AvgIpc) is 2.48. The monoisotopic (exact) mass is 310 g/mol. The highest BCUT2D eigenvalue weighted by Crippen LogP contribution is 2.13. The third-order valence-corrected chi connectivity index (χ3v) is 6.50. The molecule has 0 fully saturated rings. The fourth-order valence-electron chi connectivity index (χ4n) is 2.63. The van der Waals surface area contributed by atoms with Crippen LogP contribution in [0.3, 0.4) is 0 Å². The Balaban J connectivity index is 1.91. The number of rotatable bonds is 6. The van der Waals surface area contributed by atoms with Crippen LogP contribution in [0, 0.1) is 6.92 Å². The van der Waals surface area contributed by atoms with Crippen LogP contribution in [-0.4, -0.2) is 14.4 Å². The SMILES string of the molecule is Cc1cccc(/C=C\CC(C)O[Si](C)(C)c2ccccc2)c1. The molecule has 0 spiro atoms. The molecule has 2 heteroatoms. The number of hydrogen-bond donors (Lipinski definition) is 0. The first kappa shape index (κ1) is 16.7. The van der Waals surface area contributed by atoms with Crippen LogP contribution in [0.1, 0.15) is 24.5 Å². The molecule has 116 valence electrons. The predicted octanol–water partition coefficient (Wildman–Crippen LogP) is 4.92. The van der Waals surface area contributed by atoms with Crippen LogP contribution in [0.15, 0.2) is 60.7 Å². The van der Waals surface area contributed by atoms with Gasteiger partial charge in [-0.2, -0.15) is 0 Å². The minimum Gasteiger partial charge on any atom is -0.410 e. The van der Waals surface area contributed by atoms with E-state index in [1.165, 1.54) is 16.3 Å². The van der Waals surface area contributed by atoms with E-state index in [4.69, 9.17) is 4.43 Å². The topological polar surface area (TPSA) is 9.23 Å². The Morgan fingerprint density at radius 1 is 1.05 bits per heavy atom. The molecule has 0 radical (unpaired) electrons. The second-order valence-electron chi connectivity index (χ2n) is 6.36. The molecule has 0 aliphatic carbocycles. The molecule has 0 N–H and O–H groups in total. The predicted molar refractivity (Wildman–Crippen MR) is 98.9 cm³/mol. The van der Waals surface area contributed by atoms with E-state index in [1.807, 2.05) is 0 Å². The van der Waals surface area contributed by atoms with Crippen molar-refractivity contribution in [2.75, 3.05) is 0 Å². The van der Waals surface area contributed by atoms with Gasteiger partial charge < -0.3 is 4.43 Å². The zero-order valence-corrected chi connectivity index (χ0v) is 15.0. The van der Waals surface area contributed by atoms with E-state index < -0.39 is 8.32 Å². The van der Waals surface area contributed by atoms with Gasteiger partial charge in [-0.3, -0.25) is 0 Å². The smallest absolute Gasteiger partial charge is 0.218 e. The van der Waals surface area contributed by atoms with Gasteiger partial charge in [-0.25, -0.2) is 0 Å². The summed E-state index contributed by atoms with van der Waals surface area (Å²) in [5.74, 6) is 0. The molecule has 1 nitrogen and oxygen atoms in total. The molecule has 0 amide bonds. The van der Waals surface area contributed by atoms with Crippen LogP contribution >= 0.6 is 0 Å². The van der Waals surface area contributed by atoms with Gasteiger partial charge in [0.1, 0.15) is 0 Å². The third kappa shape index (κ3) is 4.97. The molecule has 1 atom stereocenters. The number of benzene rings is 2. The lowest BCUT2D eigenvalue weighted by molar-refractivity contribution is 0.221. The van der Waals surface area contributed by atoms with Gasteiger partial charge in [-0.1, -0.05) is 72.3 Å². The van der Waals surface area contributed by atoms with Gasteiger partial charge in [0.15, 0.2) is 0 Å². The van der Waals surface area contributed by atoms with Crippen LogP contribution in [0.5, 0.6) is 0 Å². The summed E-state index contributed by atoms with van der Waals surface area (Å²) in [5, 5.41) is 1.35. The van der Waals surface area contributed by atoms with Gasteiger partial charge in [0.25, 0.3) is 0 Å². The number of aryl methyl sites for hydroxylation is 1. The molecule has 0 saturated heterocycles. The lowest BCUT2D eigenvalue weighted by Gasteiger charge is -2.27. The van der Waals surface area contributed by atoms with Crippen LogP contribution in [0.2, 0.25) is 13.1 Å². The second-order valence-corrected chi connectivity index (χ2v) is 10.2. The molecule has 2 aromatic rings. The molecular formula is C20H26OSi. The molecule has 0 saturated carbocycles. The Morgan fingerprint density at radius 3 is 2.45 bits per heavy atom. The maximum absolute atomic E-state index is 6.37. The van der Waals surface area contributed by atoms with Crippen LogP contribution in [0.25, 0.3) is 6.08 Å². The van der Waals surface area contributed by atoms with E-state index >= 15 is 0 Å². The third-order valence-electron chi connectivity index (χ3n) is 3.79. The van der Waals surface area contributed by atoms with E-state index in [0.29, 0.717) is 0 Å². The van der Waals surface area contributed by atoms with Gasteiger partial charge in [0.05, 0.1) is 0 Å². The van der Waals surface area contributed by atoms with Crippen LogP contribution in [0.4, 0.5) is 0 Å². The quantitative estimate of drug-likeness (QED) is 0.688. The summed E-state index contributed by atoms with van der Waals surface area (Å²) in [4.78, 5) is 0. The first-order valence-electron chi connectivity index (χ1n) is 7.94. The Bertz CT molecular complexity index is 617. The van der Waals surface area contributed by atoms with E-state index in [2.05, 4.69) is 93.7 Å². The zero-order chi connectivity index (χ0) is 16.0. The van der Waals surface area contributed by atoms with Gasteiger partial charge >= 0.3 is 0 Å². The molecule has 2 rings (SSSR count). The largest absolute Gasteiger partial charge is 0.410 e. The van der Waals surface area contributed by atoms with Crippen LogP contribution < -0.4 is 5.19 Å². The molecule has 0 heterocycles. The molecule has 0 aromatic heterocycles. The first-order valence-corrected chi connectivity index (χ1v) is 10.8. The number of hydrogen-bond acceptors (Lipinski definition) is 1. The molecule has 0 aliphatic heterocycles. The second kappa shape index (κ2) is 7.57. The van der Waals surface area contributed by atoms with E-state index in [0.717, 1.165) is 6.42 Å². The highest BCUT2D eigenvalue weighted by molar-refractivity contribution is 6.84. The molecule has 0 aliphatic rings. The van der Waals surface area contributed by atoms with E-state index in [1.54, 1.807) is 0 Å². The fraction of sp³-hybridized carbons (Fsp3) is 0.300. The fourth-order valence-corrected chi connectivity index (χ4v) is 4.86. The summed E-state index contributed by atoms with van der Waals surface area (Å²) in [7, 11) is -1.81. The minimum atomic E-state index is -1.81. The summed E-state index contributed by atoms with van der Waals surface area (Å²) in [6.45, 7) is 8.82. The van der Waals surface area contributed by atoms with Crippen molar-refractivity contribution in [3.8, 4) is 0 Å². The summed E-state index contributed by atoms with van der Waals surface area (Å²) < 4.78 is 6.37. The van der Waals surface area contributed by atoms with Gasteiger partial charge in [0.2, 0.25) is 8.32 Å². The molecular weight excluding hydrogens is 284 g/mol. The highest BCUT2D eigenvalue weighted by atomic mass is 28.4. The zero-order valence-electron chi connectivity index (χ0n) is 14.0. The van der Waals surface area contributed by atoms with Crippen molar-refractivity contribution in [2.45, 2.75) is 39.5 Å². The van der Waals surface area contributed by atoms with Gasteiger partial charge in [-0.15, -0.1) is 0 Å². The van der Waals surface area contributed by atoms with Crippen molar-refractivity contribution >= 4 is 19.6 Å². The van der Waals surface area contributed by atoms with Crippen molar-refractivity contribution in [2.24, 2.45) is 0 Å². The summed E-state index contributed by atoms with van der Waals surface area (Å²) in [6.07, 6.45) is 5.58. The molecule has 0 bridgehead atoms. The van der Waals surface area contributed by atoms with Crippen molar-refractivity contribution in [3.63, 3.8) is 0 Å². The molecule has 22 heavy (non-hydrogen) atoms. The normalized spacial score (nSPS) is 13.5. The summed E-state index contributed by atoms with van der Waals surface area (Å²) in [6, 6.07) is 19.2. The Hall–Kier alpha value is -1.64. The first-order chi connectivity index (χ1) is 10.5. The Morgan fingerprint density at radius 2 is 1.77 bits per heavy atom. The highest BCUT2D eigenvalue weighted by Gasteiger charge is 2.26. The Labute approximate surface area is 135 Å². The summed E-state index contributed by atoms with van der Waals surface area (Å²) in [5.41, 5.74) is 2.55. The van der Waals surface area contributed by atoms with Crippen molar-refractivity contribution in [1.29, 1.82) is 0 Å². The van der Waals surface area contributed by atoms with Crippen LogP contribution in [-0.2, 0) is 4.43 Å². The molecule has 2 aromatic carbocycles. The Kier molecular flexibility index (Phi) is 5.75. The molecule has 1 unspecified atom stereocenters. The van der Waals surface area contributed by atoms with Gasteiger partial charge in [0, 0.05) is 6.10 Å². The van der Waals surface area contributed by atoms with E-state index in [9.17, 15) is 0 Å². The maximum Gasteiger partial charge on any atom is 0.218 e. The van der Waals surface area contributed by atoms with Gasteiger partial charge in [-0.05, 0) is 44.1 Å². The lowest BCUT2D eigenvalue weighted by Crippen LogP contribution is -2.46. The van der Waals surface area contributed by atoms with E-state index in [-0.39, 0.29) is 6.10 Å². The van der Waals surface area contributed by atoms with Crippen molar-refractivity contribution < 1.29 is 4.43 Å². The summed E-state index contributed by atoms with van der Waals surface area (Å²) >= 11 is 0.